The standard InChI is InChI=1S/C24H22O2/c1-17-7-8-19(16-25)15-22(17)10-9-20-5-4-6-24(18(20)2)21-11-13-23(26-3)14-12-21/h4-16H,1-3H3/b10-9+. The lowest BCUT2D eigenvalue weighted by Crippen LogP contribution is -1.89. The molecule has 2 nitrogen and oxygen atoms in total. The van der Waals surface area contributed by atoms with Gasteiger partial charge in [0.2, 0.25) is 0 Å². The fourth-order valence-corrected chi connectivity index (χ4v) is 3.01. The van der Waals surface area contributed by atoms with E-state index in [4.69, 9.17) is 4.74 Å². The van der Waals surface area contributed by atoms with E-state index in [-0.39, 0.29) is 0 Å². The van der Waals surface area contributed by atoms with Crippen LogP contribution in [0.25, 0.3) is 23.3 Å². The van der Waals surface area contributed by atoms with Crippen molar-refractivity contribution in [1.82, 2.24) is 0 Å². The van der Waals surface area contributed by atoms with Crippen molar-refractivity contribution >= 4 is 18.4 Å². The van der Waals surface area contributed by atoms with Crippen LogP contribution < -0.4 is 4.74 Å². The minimum Gasteiger partial charge on any atom is -0.497 e. The third-order valence-electron chi connectivity index (χ3n) is 4.66. The molecule has 3 rings (SSSR count). The summed E-state index contributed by atoms with van der Waals surface area (Å²) in [5.41, 5.74) is 7.65. The monoisotopic (exact) mass is 342 g/mol. The molecule has 3 aromatic carbocycles. The van der Waals surface area contributed by atoms with Crippen LogP contribution in [0, 0.1) is 13.8 Å². The van der Waals surface area contributed by atoms with Crippen molar-refractivity contribution in [3.63, 3.8) is 0 Å². The highest BCUT2D eigenvalue weighted by Gasteiger charge is 2.05. The SMILES string of the molecule is COc1ccc(-c2cccc(/C=C/c3cc(C=O)ccc3C)c2C)cc1. The van der Waals surface area contributed by atoms with Gasteiger partial charge in [-0.3, -0.25) is 4.79 Å². The first-order valence-electron chi connectivity index (χ1n) is 8.60. The van der Waals surface area contributed by atoms with Crippen molar-refractivity contribution in [2.24, 2.45) is 0 Å². The number of hydrogen-bond donors (Lipinski definition) is 0. The van der Waals surface area contributed by atoms with Gasteiger partial charge in [-0.1, -0.05) is 54.6 Å². The molecule has 26 heavy (non-hydrogen) atoms. The molecule has 0 saturated carbocycles. The largest absolute Gasteiger partial charge is 0.497 e. The number of rotatable bonds is 5. The van der Waals surface area contributed by atoms with E-state index in [0.717, 1.165) is 34.3 Å². The average molecular weight is 342 g/mol. The van der Waals surface area contributed by atoms with E-state index in [9.17, 15) is 4.79 Å². The highest BCUT2D eigenvalue weighted by Crippen LogP contribution is 2.28. The van der Waals surface area contributed by atoms with Crippen LogP contribution >= 0.6 is 0 Å². The van der Waals surface area contributed by atoms with Crippen molar-refractivity contribution < 1.29 is 9.53 Å². The van der Waals surface area contributed by atoms with Gasteiger partial charge in [0.1, 0.15) is 12.0 Å². The normalized spacial score (nSPS) is 10.9. The molecular weight excluding hydrogens is 320 g/mol. The molecule has 0 aliphatic carbocycles. The van der Waals surface area contributed by atoms with E-state index in [2.05, 4.69) is 56.3 Å². The van der Waals surface area contributed by atoms with Gasteiger partial charge in [0.25, 0.3) is 0 Å². The van der Waals surface area contributed by atoms with Crippen molar-refractivity contribution in [3.8, 4) is 16.9 Å². The highest BCUT2D eigenvalue weighted by atomic mass is 16.5. The lowest BCUT2D eigenvalue weighted by Gasteiger charge is -2.10. The Kier molecular flexibility index (Phi) is 5.33. The van der Waals surface area contributed by atoms with Gasteiger partial charge in [-0.25, -0.2) is 0 Å². The van der Waals surface area contributed by atoms with E-state index in [0.29, 0.717) is 5.56 Å². The first-order valence-corrected chi connectivity index (χ1v) is 8.60. The second kappa shape index (κ2) is 7.83. The fourth-order valence-electron chi connectivity index (χ4n) is 3.01. The molecule has 0 spiro atoms. The predicted molar refractivity (Wildman–Crippen MR) is 109 cm³/mol. The Morgan fingerprint density at radius 1 is 0.846 bits per heavy atom. The van der Waals surface area contributed by atoms with Crippen LogP contribution in [0.4, 0.5) is 0 Å². The molecule has 0 aliphatic heterocycles. The Balaban J connectivity index is 1.95. The van der Waals surface area contributed by atoms with Gasteiger partial charge in [-0.2, -0.15) is 0 Å². The van der Waals surface area contributed by atoms with Crippen LogP contribution in [0.15, 0.2) is 60.7 Å². The van der Waals surface area contributed by atoms with Crippen LogP contribution in [-0.4, -0.2) is 13.4 Å². The Hall–Kier alpha value is -3.13. The van der Waals surface area contributed by atoms with Gasteiger partial charge in [0.05, 0.1) is 7.11 Å². The molecular formula is C24H22O2. The maximum Gasteiger partial charge on any atom is 0.150 e. The number of carbonyl (C=O) groups excluding carboxylic acids is 1. The number of benzene rings is 3. The molecule has 130 valence electrons. The summed E-state index contributed by atoms with van der Waals surface area (Å²) in [6.45, 7) is 4.18. The van der Waals surface area contributed by atoms with Crippen molar-refractivity contribution in [2.45, 2.75) is 13.8 Å². The number of aldehydes is 1. The van der Waals surface area contributed by atoms with Gasteiger partial charge in [-0.15, -0.1) is 0 Å². The molecule has 0 N–H and O–H groups in total. The van der Waals surface area contributed by atoms with Gasteiger partial charge in [0, 0.05) is 5.56 Å². The van der Waals surface area contributed by atoms with Gasteiger partial charge >= 0.3 is 0 Å². The van der Waals surface area contributed by atoms with E-state index in [1.54, 1.807) is 7.11 Å². The zero-order valence-electron chi connectivity index (χ0n) is 15.3. The molecule has 0 atom stereocenters. The minimum absolute atomic E-state index is 0.693. The van der Waals surface area contributed by atoms with Gasteiger partial charge in [-0.05, 0) is 65.4 Å². The van der Waals surface area contributed by atoms with Crippen LogP contribution in [0.3, 0.4) is 0 Å². The topological polar surface area (TPSA) is 26.3 Å². The first-order chi connectivity index (χ1) is 12.6. The maximum atomic E-state index is 11.0. The maximum absolute atomic E-state index is 11.0. The zero-order valence-corrected chi connectivity index (χ0v) is 15.3. The van der Waals surface area contributed by atoms with Crippen LogP contribution in [-0.2, 0) is 0 Å². The first kappa shape index (κ1) is 17.7. The summed E-state index contributed by atoms with van der Waals surface area (Å²) >= 11 is 0. The molecule has 0 radical (unpaired) electrons. The van der Waals surface area contributed by atoms with E-state index in [1.807, 2.05) is 30.3 Å². The van der Waals surface area contributed by atoms with Crippen molar-refractivity contribution in [3.05, 3.63) is 88.5 Å². The Bertz CT molecular complexity index is 950. The average Bonchev–Trinajstić information content (AvgIpc) is 2.68. The molecule has 0 saturated heterocycles. The lowest BCUT2D eigenvalue weighted by atomic mass is 9.95. The predicted octanol–water partition coefficient (Wildman–Crippen LogP) is 5.96. The molecule has 0 aromatic heterocycles. The highest BCUT2D eigenvalue weighted by molar-refractivity contribution is 5.81. The second-order valence-electron chi connectivity index (χ2n) is 6.32. The van der Waals surface area contributed by atoms with E-state index in [1.165, 1.54) is 11.1 Å². The fraction of sp³-hybridized carbons (Fsp3) is 0.125. The number of methoxy groups -OCH3 is 1. The van der Waals surface area contributed by atoms with E-state index >= 15 is 0 Å². The molecule has 2 heteroatoms. The summed E-state index contributed by atoms with van der Waals surface area (Å²) in [6, 6.07) is 20.2. The summed E-state index contributed by atoms with van der Waals surface area (Å²) in [6.07, 6.45) is 5.06. The van der Waals surface area contributed by atoms with Crippen LogP contribution in [0.5, 0.6) is 5.75 Å². The molecule has 0 fully saturated rings. The number of carbonyl (C=O) groups is 1. The minimum atomic E-state index is 0.693. The van der Waals surface area contributed by atoms with E-state index < -0.39 is 0 Å². The molecule has 3 aromatic rings. The summed E-state index contributed by atoms with van der Waals surface area (Å²) < 4.78 is 5.24. The molecule has 0 aliphatic rings. The Labute approximate surface area is 154 Å². The Morgan fingerprint density at radius 3 is 2.27 bits per heavy atom. The third kappa shape index (κ3) is 3.75. The molecule has 0 bridgehead atoms. The number of aryl methyl sites for hydroxylation is 1. The summed E-state index contributed by atoms with van der Waals surface area (Å²) in [4.78, 5) is 11.0. The third-order valence-corrected chi connectivity index (χ3v) is 4.66. The Morgan fingerprint density at radius 2 is 1.58 bits per heavy atom. The zero-order chi connectivity index (χ0) is 18.5. The number of ether oxygens (including phenoxy) is 1. The molecule has 0 heterocycles. The molecule has 0 amide bonds. The van der Waals surface area contributed by atoms with Crippen molar-refractivity contribution in [2.75, 3.05) is 7.11 Å². The van der Waals surface area contributed by atoms with Crippen LogP contribution in [0.1, 0.15) is 32.6 Å². The summed E-state index contributed by atoms with van der Waals surface area (Å²) in [5, 5.41) is 0. The smallest absolute Gasteiger partial charge is 0.150 e. The number of hydrogen-bond acceptors (Lipinski definition) is 2. The van der Waals surface area contributed by atoms with Gasteiger partial charge in [0.15, 0.2) is 0 Å². The second-order valence-corrected chi connectivity index (χ2v) is 6.32. The quantitative estimate of drug-likeness (QED) is 0.422. The van der Waals surface area contributed by atoms with Crippen LogP contribution in [0.2, 0.25) is 0 Å². The van der Waals surface area contributed by atoms with Gasteiger partial charge < -0.3 is 4.74 Å². The summed E-state index contributed by atoms with van der Waals surface area (Å²) in [5.74, 6) is 0.855. The lowest BCUT2D eigenvalue weighted by molar-refractivity contribution is 0.112. The summed E-state index contributed by atoms with van der Waals surface area (Å²) in [7, 11) is 1.67. The molecule has 0 unspecified atom stereocenters. The van der Waals surface area contributed by atoms with Crippen molar-refractivity contribution in [1.29, 1.82) is 0 Å².